The normalized spacial score (nSPS) is 15.0. The van der Waals surface area contributed by atoms with E-state index in [2.05, 4.69) is 34.1 Å². The largest absolute Gasteiger partial charge is 0.492 e. The standard InChI is InChI=1S/C29H25N3O4/c1-4-36-26-12-8-7-11-25(26)32-28(34)24(27(33)30-29(32)35)17-22-15-18(2)31(19(22)3)23-14-13-20-9-5-6-10-21(20)16-23/h5-17H,4H2,1-3H3,(H,30,33,35)/b24-17+. The third-order valence-electron chi connectivity index (χ3n) is 6.27. The quantitative estimate of drug-likeness (QED) is 0.311. The number of benzene rings is 3. The fourth-order valence-electron chi connectivity index (χ4n) is 4.60. The molecule has 1 fully saturated rings. The Morgan fingerprint density at radius 3 is 2.39 bits per heavy atom. The fraction of sp³-hybridized carbons (Fsp3) is 0.138. The number of fused-ring (bicyclic) bond motifs is 1. The summed E-state index contributed by atoms with van der Waals surface area (Å²) in [5.74, 6) is -1.05. The summed E-state index contributed by atoms with van der Waals surface area (Å²) < 4.78 is 7.68. The lowest BCUT2D eigenvalue weighted by Gasteiger charge is -2.27. The summed E-state index contributed by atoms with van der Waals surface area (Å²) in [6.45, 7) is 6.09. The molecule has 0 unspecified atom stereocenters. The highest BCUT2D eigenvalue weighted by atomic mass is 16.5. The topological polar surface area (TPSA) is 80.6 Å². The number of barbiturate groups is 1. The van der Waals surface area contributed by atoms with Crippen molar-refractivity contribution in [1.82, 2.24) is 9.88 Å². The van der Waals surface area contributed by atoms with Gasteiger partial charge in [-0.3, -0.25) is 14.9 Å². The van der Waals surface area contributed by atoms with E-state index in [4.69, 9.17) is 4.74 Å². The van der Waals surface area contributed by atoms with Crippen LogP contribution in [0.3, 0.4) is 0 Å². The highest BCUT2D eigenvalue weighted by molar-refractivity contribution is 6.39. The van der Waals surface area contributed by atoms with E-state index in [1.807, 2.05) is 45.0 Å². The summed E-state index contributed by atoms with van der Waals surface area (Å²) in [7, 11) is 0. The number of nitrogens with zero attached hydrogens (tertiary/aromatic N) is 2. The highest BCUT2D eigenvalue weighted by Crippen LogP contribution is 2.32. The van der Waals surface area contributed by atoms with Gasteiger partial charge in [-0.2, -0.15) is 0 Å². The lowest BCUT2D eigenvalue weighted by atomic mass is 10.1. The van der Waals surface area contributed by atoms with Gasteiger partial charge < -0.3 is 9.30 Å². The van der Waals surface area contributed by atoms with E-state index < -0.39 is 17.8 Å². The number of aryl methyl sites for hydroxylation is 1. The van der Waals surface area contributed by atoms with Gasteiger partial charge in [-0.25, -0.2) is 9.69 Å². The number of para-hydroxylation sites is 2. The average Bonchev–Trinajstić information content (AvgIpc) is 3.15. The first kappa shape index (κ1) is 23.1. The Morgan fingerprint density at radius 1 is 0.889 bits per heavy atom. The minimum Gasteiger partial charge on any atom is -0.492 e. The first-order valence-electron chi connectivity index (χ1n) is 11.7. The second-order valence-corrected chi connectivity index (χ2v) is 8.55. The zero-order valence-electron chi connectivity index (χ0n) is 20.2. The molecule has 4 aromatic rings. The smallest absolute Gasteiger partial charge is 0.336 e. The molecular formula is C29H25N3O4. The molecule has 0 saturated carbocycles. The first-order valence-corrected chi connectivity index (χ1v) is 11.7. The molecule has 0 aliphatic carbocycles. The van der Waals surface area contributed by atoms with E-state index in [1.54, 1.807) is 30.3 Å². The van der Waals surface area contributed by atoms with Gasteiger partial charge in [-0.1, -0.05) is 42.5 Å². The minimum atomic E-state index is -0.809. The zero-order chi connectivity index (χ0) is 25.4. The second-order valence-electron chi connectivity index (χ2n) is 8.55. The molecule has 3 aromatic carbocycles. The van der Waals surface area contributed by atoms with Gasteiger partial charge in [0.1, 0.15) is 11.3 Å². The summed E-state index contributed by atoms with van der Waals surface area (Å²) in [5, 5.41) is 4.55. The molecule has 4 amide bonds. The number of amides is 4. The van der Waals surface area contributed by atoms with Gasteiger partial charge in [0, 0.05) is 17.1 Å². The third kappa shape index (κ3) is 3.94. The van der Waals surface area contributed by atoms with Crippen molar-refractivity contribution in [2.45, 2.75) is 20.8 Å². The Labute approximate surface area is 208 Å². The molecule has 0 radical (unpaired) electrons. The first-order chi connectivity index (χ1) is 17.4. The molecule has 0 atom stereocenters. The Bertz CT molecular complexity index is 1560. The molecule has 2 heterocycles. The minimum absolute atomic E-state index is 0.125. The summed E-state index contributed by atoms with van der Waals surface area (Å²) >= 11 is 0. The summed E-state index contributed by atoms with van der Waals surface area (Å²) in [5.41, 5.74) is 3.67. The van der Waals surface area contributed by atoms with Crippen LogP contribution >= 0.6 is 0 Å². The van der Waals surface area contributed by atoms with Crippen LogP contribution in [-0.2, 0) is 9.59 Å². The number of anilines is 1. The van der Waals surface area contributed by atoms with E-state index in [0.717, 1.165) is 32.7 Å². The molecule has 1 N–H and O–H groups in total. The molecule has 1 aliphatic heterocycles. The van der Waals surface area contributed by atoms with Crippen LogP contribution in [0.5, 0.6) is 5.75 Å². The van der Waals surface area contributed by atoms with Crippen LogP contribution in [0, 0.1) is 13.8 Å². The Morgan fingerprint density at radius 2 is 1.61 bits per heavy atom. The Balaban J connectivity index is 1.56. The molecule has 1 aromatic heterocycles. The fourth-order valence-corrected chi connectivity index (χ4v) is 4.60. The summed E-state index contributed by atoms with van der Waals surface area (Å²) in [6.07, 6.45) is 1.54. The SMILES string of the molecule is CCOc1ccccc1N1C(=O)NC(=O)/C(=C\c2cc(C)n(-c3ccc4ccccc4c3)c2C)C1=O. The van der Waals surface area contributed by atoms with Crippen molar-refractivity contribution in [1.29, 1.82) is 0 Å². The van der Waals surface area contributed by atoms with Gasteiger partial charge in [0.05, 0.1) is 12.3 Å². The Hall–Kier alpha value is -4.65. The van der Waals surface area contributed by atoms with E-state index in [0.29, 0.717) is 17.9 Å². The van der Waals surface area contributed by atoms with Crippen molar-refractivity contribution in [2.75, 3.05) is 11.5 Å². The van der Waals surface area contributed by atoms with Crippen LogP contribution in [0.1, 0.15) is 23.9 Å². The van der Waals surface area contributed by atoms with Crippen molar-refractivity contribution in [3.63, 3.8) is 0 Å². The van der Waals surface area contributed by atoms with Crippen molar-refractivity contribution in [3.8, 4) is 11.4 Å². The summed E-state index contributed by atoms with van der Waals surface area (Å²) in [6, 6.07) is 22.2. The monoisotopic (exact) mass is 479 g/mol. The summed E-state index contributed by atoms with van der Waals surface area (Å²) in [4.78, 5) is 39.8. The molecule has 36 heavy (non-hydrogen) atoms. The average molecular weight is 480 g/mol. The predicted octanol–water partition coefficient (Wildman–Crippen LogP) is 5.31. The lowest BCUT2D eigenvalue weighted by molar-refractivity contribution is -0.122. The number of aromatic nitrogens is 1. The van der Waals surface area contributed by atoms with Crippen molar-refractivity contribution < 1.29 is 19.1 Å². The molecular weight excluding hydrogens is 454 g/mol. The lowest BCUT2D eigenvalue weighted by Crippen LogP contribution is -2.54. The van der Waals surface area contributed by atoms with Gasteiger partial charge >= 0.3 is 6.03 Å². The number of carbonyl (C=O) groups excluding carboxylic acids is 3. The van der Waals surface area contributed by atoms with E-state index >= 15 is 0 Å². The Kier molecular flexibility index (Phi) is 5.90. The van der Waals surface area contributed by atoms with Gasteiger partial charge in [-0.05, 0) is 73.5 Å². The van der Waals surface area contributed by atoms with E-state index in [-0.39, 0.29) is 11.3 Å². The number of hydrogen-bond donors (Lipinski definition) is 1. The van der Waals surface area contributed by atoms with Crippen LogP contribution < -0.4 is 15.0 Å². The highest BCUT2D eigenvalue weighted by Gasteiger charge is 2.38. The predicted molar refractivity (Wildman–Crippen MR) is 139 cm³/mol. The van der Waals surface area contributed by atoms with Crippen LogP contribution in [0.4, 0.5) is 10.5 Å². The number of carbonyl (C=O) groups is 3. The van der Waals surface area contributed by atoms with Gasteiger partial charge in [0.2, 0.25) is 0 Å². The van der Waals surface area contributed by atoms with Crippen molar-refractivity contribution in [2.24, 2.45) is 0 Å². The number of imide groups is 2. The van der Waals surface area contributed by atoms with Gasteiger partial charge in [0.15, 0.2) is 0 Å². The van der Waals surface area contributed by atoms with Crippen molar-refractivity contribution in [3.05, 3.63) is 95.3 Å². The molecule has 0 spiro atoms. The molecule has 180 valence electrons. The van der Waals surface area contributed by atoms with E-state index in [9.17, 15) is 14.4 Å². The molecule has 7 nitrogen and oxygen atoms in total. The van der Waals surface area contributed by atoms with Crippen LogP contribution in [0.15, 0.2) is 78.4 Å². The van der Waals surface area contributed by atoms with Crippen LogP contribution in [-0.4, -0.2) is 29.0 Å². The number of nitrogens with one attached hydrogen (secondary N) is 1. The zero-order valence-corrected chi connectivity index (χ0v) is 20.2. The maximum absolute atomic E-state index is 13.4. The molecule has 5 rings (SSSR count). The molecule has 7 heteroatoms. The third-order valence-corrected chi connectivity index (χ3v) is 6.27. The maximum atomic E-state index is 13.4. The number of ether oxygens (including phenoxy) is 1. The van der Waals surface area contributed by atoms with E-state index in [1.165, 1.54) is 0 Å². The maximum Gasteiger partial charge on any atom is 0.336 e. The molecule has 1 saturated heterocycles. The number of hydrogen-bond acceptors (Lipinski definition) is 4. The number of urea groups is 1. The second kappa shape index (κ2) is 9.19. The molecule has 1 aliphatic rings. The molecule has 0 bridgehead atoms. The van der Waals surface area contributed by atoms with Crippen molar-refractivity contribution >= 4 is 40.4 Å². The van der Waals surface area contributed by atoms with Gasteiger partial charge in [-0.15, -0.1) is 0 Å². The number of rotatable bonds is 5. The van der Waals surface area contributed by atoms with Crippen LogP contribution in [0.25, 0.3) is 22.5 Å². The van der Waals surface area contributed by atoms with Crippen LogP contribution in [0.2, 0.25) is 0 Å². The van der Waals surface area contributed by atoms with Gasteiger partial charge in [0.25, 0.3) is 11.8 Å².